The Hall–Kier alpha value is -2.17. The van der Waals surface area contributed by atoms with Crippen molar-refractivity contribution < 1.29 is 22.7 Å². The molecular formula is C17H21N3O5S2. The average Bonchev–Trinajstić information content (AvgIpc) is 3.30. The quantitative estimate of drug-likeness (QED) is 0.785. The van der Waals surface area contributed by atoms with E-state index in [1.54, 1.807) is 20.3 Å². The number of ether oxygens (including phenoxy) is 2. The number of sulfonamides is 1. The Morgan fingerprint density at radius 2 is 2.04 bits per heavy atom. The number of carbonyl (C=O) groups excluding carboxylic acids is 1. The summed E-state index contributed by atoms with van der Waals surface area (Å²) in [5, 5.41) is 2.78. The van der Waals surface area contributed by atoms with Crippen molar-refractivity contribution in [1.82, 2.24) is 9.29 Å². The van der Waals surface area contributed by atoms with E-state index in [0.717, 1.165) is 23.3 Å². The number of hydrogen-bond donors (Lipinski definition) is 1. The van der Waals surface area contributed by atoms with E-state index in [1.165, 1.54) is 17.4 Å². The predicted octanol–water partition coefficient (Wildman–Crippen LogP) is 2.64. The van der Waals surface area contributed by atoms with Crippen molar-refractivity contribution in [2.24, 2.45) is 0 Å². The first-order valence-electron chi connectivity index (χ1n) is 8.34. The van der Waals surface area contributed by atoms with Crippen LogP contribution < -0.4 is 14.8 Å². The number of methoxy groups -OCH3 is 2. The van der Waals surface area contributed by atoms with Crippen LogP contribution in [0.15, 0.2) is 28.6 Å². The van der Waals surface area contributed by atoms with Gasteiger partial charge in [0.2, 0.25) is 5.91 Å². The van der Waals surface area contributed by atoms with Gasteiger partial charge in [-0.3, -0.25) is 4.79 Å². The topological polar surface area (TPSA) is 97.8 Å². The van der Waals surface area contributed by atoms with Crippen LogP contribution in [0.4, 0.5) is 5.13 Å². The molecule has 2 heterocycles. The van der Waals surface area contributed by atoms with Crippen LogP contribution in [0.2, 0.25) is 0 Å². The highest BCUT2D eigenvalue weighted by atomic mass is 32.2. The van der Waals surface area contributed by atoms with Crippen molar-refractivity contribution in [3.05, 3.63) is 30.0 Å². The largest absolute Gasteiger partial charge is 0.493 e. The molecule has 0 bridgehead atoms. The van der Waals surface area contributed by atoms with Gasteiger partial charge in [-0.25, -0.2) is 13.4 Å². The van der Waals surface area contributed by atoms with E-state index in [1.807, 2.05) is 12.1 Å². The van der Waals surface area contributed by atoms with Crippen molar-refractivity contribution in [1.29, 1.82) is 0 Å². The Labute approximate surface area is 162 Å². The number of nitrogens with zero attached hydrogens (tertiary/aromatic N) is 2. The number of nitrogens with one attached hydrogen (secondary N) is 1. The molecule has 1 saturated heterocycles. The second kappa shape index (κ2) is 7.83. The summed E-state index contributed by atoms with van der Waals surface area (Å²) >= 11 is 0.949. The summed E-state index contributed by atoms with van der Waals surface area (Å²) in [5.74, 6) is 0.860. The van der Waals surface area contributed by atoms with E-state index in [9.17, 15) is 13.2 Å². The second-order valence-electron chi connectivity index (χ2n) is 6.05. The van der Waals surface area contributed by atoms with Gasteiger partial charge in [0.05, 0.1) is 26.5 Å². The van der Waals surface area contributed by atoms with E-state index < -0.39 is 10.0 Å². The summed E-state index contributed by atoms with van der Waals surface area (Å²) < 4.78 is 38.4. The summed E-state index contributed by atoms with van der Waals surface area (Å²) in [6.07, 6.45) is 2.76. The first kappa shape index (κ1) is 19.6. The minimum Gasteiger partial charge on any atom is -0.493 e. The van der Waals surface area contributed by atoms with Gasteiger partial charge in [0, 0.05) is 13.5 Å². The van der Waals surface area contributed by atoms with Crippen LogP contribution in [-0.4, -0.2) is 44.4 Å². The molecule has 1 aromatic heterocycles. The van der Waals surface area contributed by atoms with Gasteiger partial charge in [0.1, 0.15) is 0 Å². The summed E-state index contributed by atoms with van der Waals surface area (Å²) in [4.78, 5) is 15.1. The second-order valence-corrected chi connectivity index (χ2v) is 9.20. The van der Waals surface area contributed by atoms with Gasteiger partial charge in [0.15, 0.2) is 20.8 Å². The fourth-order valence-corrected chi connectivity index (χ4v) is 6.01. The SMILES string of the molecule is COc1ccc(C2CCCN2S(=O)(=O)c2cnc(NC(C)=O)s2)cc1OC. The molecule has 0 spiro atoms. The molecule has 1 aliphatic rings. The number of amides is 1. The lowest BCUT2D eigenvalue weighted by Gasteiger charge is -2.24. The molecule has 27 heavy (non-hydrogen) atoms. The zero-order valence-corrected chi connectivity index (χ0v) is 16.9. The lowest BCUT2D eigenvalue weighted by atomic mass is 10.0. The molecule has 1 atom stereocenters. The summed E-state index contributed by atoms with van der Waals surface area (Å²) in [5.41, 5.74) is 0.848. The molecule has 1 aliphatic heterocycles. The van der Waals surface area contributed by atoms with E-state index in [-0.39, 0.29) is 21.3 Å². The molecule has 1 amide bonds. The zero-order chi connectivity index (χ0) is 19.6. The standard InChI is InChI=1S/C17H21N3O5S2/c1-11(21)19-17-18-10-16(26-17)27(22,23)20-8-4-5-13(20)12-6-7-14(24-2)15(9-12)25-3/h6-7,9-10,13H,4-5,8H2,1-3H3,(H,18,19,21). The Morgan fingerprint density at radius 1 is 1.30 bits per heavy atom. The molecule has 0 radical (unpaired) electrons. The zero-order valence-electron chi connectivity index (χ0n) is 15.3. The molecule has 0 aliphatic carbocycles. The van der Waals surface area contributed by atoms with Crippen LogP contribution in [0.3, 0.4) is 0 Å². The van der Waals surface area contributed by atoms with Gasteiger partial charge in [-0.2, -0.15) is 4.31 Å². The van der Waals surface area contributed by atoms with Crippen LogP contribution in [-0.2, 0) is 14.8 Å². The van der Waals surface area contributed by atoms with E-state index in [4.69, 9.17) is 9.47 Å². The summed E-state index contributed by atoms with van der Waals surface area (Å²) in [7, 11) is -0.617. The van der Waals surface area contributed by atoms with Gasteiger partial charge < -0.3 is 14.8 Å². The smallest absolute Gasteiger partial charge is 0.254 e. The molecule has 10 heteroatoms. The lowest BCUT2D eigenvalue weighted by molar-refractivity contribution is -0.114. The Balaban J connectivity index is 1.91. The highest BCUT2D eigenvalue weighted by Gasteiger charge is 2.37. The number of benzene rings is 1. The minimum atomic E-state index is -3.72. The number of carbonyl (C=O) groups is 1. The molecule has 146 valence electrons. The lowest BCUT2D eigenvalue weighted by Crippen LogP contribution is -2.30. The fourth-order valence-electron chi connectivity index (χ4n) is 3.12. The third-order valence-corrected chi connectivity index (χ3v) is 7.58. The van der Waals surface area contributed by atoms with Crippen LogP contribution in [0.1, 0.15) is 31.4 Å². The normalized spacial score (nSPS) is 17.7. The predicted molar refractivity (Wildman–Crippen MR) is 102 cm³/mol. The average molecular weight is 412 g/mol. The third kappa shape index (κ3) is 3.92. The van der Waals surface area contributed by atoms with Crippen molar-refractivity contribution in [2.75, 3.05) is 26.1 Å². The molecular weight excluding hydrogens is 390 g/mol. The highest BCUT2D eigenvalue weighted by Crippen LogP contribution is 2.40. The number of hydrogen-bond acceptors (Lipinski definition) is 7. The van der Waals surface area contributed by atoms with Crippen LogP contribution in [0.5, 0.6) is 11.5 Å². The van der Waals surface area contributed by atoms with Gasteiger partial charge in [-0.05, 0) is 30.5 Å². The molecule has 1 fully saturated rings. The minimum absolute atomic E-state index is 0.110. The number of aromatic nitrogens is 1. The van der Waals surface area contributed by atoms with Crippen molar-refractivity contribution in [2.45, 2.75) is 30.0 Å². The molecule has 1 unspecified atom stereocenters. The van der Waals surface area contributed by atoms with Gasteiger partial charge in [0.25, 0.3) is 10.0 Å². The van der Waals surface area contributed by atoms with E-state index in [0.29, 0.717) is 24.5 Å². The molecule has 2 aromatic rings. The van der Waals surface area contributed by atoms with Gasteiger partial charge >= 0.3 is 0 Å². The first-order valence-corrected chi connectivity index (χ1v) is 10.6. The maximum Gasteiger partial charge on any atom is 0.254 e. The maximum atomic E-state index is 13.1. The third-order valence-electron chi connectivity index (χ3n) is 4.33. The number of rotatable bonds is 6. The number of thiazole rings is 1. The Morgan fingerprint density at radius 3 is 2.70 bits per heavy atom. The van der Waals surface area contributed by atoms with Crippen molar-refractivity contribution in [3.8, 4) is 11.5 Å². The first-order chi connectivity index (χ1) is 12.9. The number of anilines is 1. The van der Waals surface area contributed by atoms with Crippen LogP contribution >= 0.6 is 11.3 Å². The molecule has 0 saturated carbocycles. The van der Waals surface area contributed by atoms with Crippen LogP contribution in [0.25, 0.3) is 0 Å². The summed E-state index contributed by atoms with van der Waals surface area (Å²) in [6, 6.07) is 5.15. The fraction of sp³-hybridized carbons (Fsp3) is 0.412. The molecule has 8 nitrogen and oxygen atoms in total. The van der Waals surface area contributed by atoms with E-state index >= 15 is 0 Å². The maximum absolute atomic E-state index is 13.1. The van der Waals surface area contributed by atoms with Crippen LogP contribution in [0, 0.1) is 0 Å². The van der Waals surface area contributed by atoms with Crippen molar-refractivity contribution in [3.63, 3.8) is 0 Å². The van der Waals surface area contributed by atoms with Crippen molar-refractivity contribution >= 4 is 32.4 Å². The Kier molecular flexibility index (Phi) is 5.68. The highest BCUT2D eigenvalue weighted by molar-refractivity contribution is 7.91. The summed E-state index contributed by atoms with van der Waals surface area (Å²) in [6.45, 7) is 1.78. The van der Waals surface area contributed by atoms with Gasteiger partial charge in [-0.1, -0.05) is 17.4 Å². The monoisotopic (exact) mass is 411 g/mol. The van der Waals surface area contributed by atoms with E-state index in [2.05, 4.69) is 10.3 Å². The molecule has 3 rings (SSSR count). The molecule has 1 aromatic carbocycles. The van der Waals surface area contributed by atoms with Gasteiger partial charge in [-0.15, -0.1) is 0 Å². The Bertz CT molecular complexity index is 942. The molecule has 1 N–H and O–H groups in total.